The molecular formula is C25H29N3O3. The highest BCUT2D eigenvalue weighted by molar-refractivity contribution is 5.93. The van der Waals surface area contributed by atoms with E-state index in [2.05, 4.69) is 27.3 Å². The number of benzene rings is 2. The Morgan fingerprint density at radius 2 is 1.81 bits per heavy atom. The molecule has 3 aromatic rings. The Morgan fingerprint density at radius 1 is 1.10 bits per heavy atom. The minimum Gasteiger partial charge on any atom is -0.497 e. The van der Waals surface area contributed by atoms with Crippen LogP contribution in [0.5, 0.6) is 5.75 Å². The molecule has 31 heavy (non-hydrogen) atoms. The Hall–Kier alpha value is -3.12. The number of likely N-dealkylation sites (tertiary alicyclic amines) is 1. The van der Waals surface area contributed by atoms with Crippen LogP contribution in [0.3, 0.4) is 0 Å². The number of oxazole rings is 1. The maximum atomic E-state index is 13.0. The van der Waals surface area contributed by atoms with Crippen LogP contribution < -0.4 is 10.1 Å². The van der Waals surface area contributed by atoms with Gasteiger partial charge in [-0.25, -0.2) is 4.98 Å². The zero-order valence-electron chi connectivity index (χ0n) is 18.1. The van der Waals surface area contributed by atoms with Gasteiger partial charge in [0.15, 0.2) is 5.69 Å². The topological polar surface area (TPSA) is 67.6 Å². The van der Waals surface area contributed by atoms with Crippen molar-refractivity contribution in [3.05, 3.63) is 71.6 Å². The lowest BCUT2D eigenvalue weighted by Crippen LogP contribution is -2.40. The first kappa shape index (κ1) is 21.1. The predicted octanol–water partition coefficient (Wildman–Crippen LogP) is 4.62. The fourth-order valence-corrected chi connectivity index (χ4v) is 4.10. The molecule has 0 saturated carbocycles. The quantitative estimate of drug-likeness (QED) is 0.605. The third kappa shape index (κ3) is 4.97. The van der Waals surface area contributed by atoms with Gasteiger partial charge in [0.05, 0.1) is 13.2 Å². The van der Waals surface area contributed by atoms with E-state index >= 15 is 0 Å². The van der Waals surface area contributed by atoms with Crippen molar-refractivity contribution < 1.29 is 13.9 Å². The van der Waals surface area contributed by atoms with E-state index in [1.54, 1.807) is 14.0 Å². The molecule has 2 aromatic carbocycles. The number of methoxy groups -OCH3 is 1. The number of nitrogens with one attached hydrogen (secondary N) is 1. The lowest BCUT2D eigenvalue weighted by atomic mass is 10.0. The van der Waals surface area contributed by atoms with E-state index in [-0.39, 0.29) is 11.9 Å². The number of amides is 1. The average Bonchev–Trinajstić information content (AvgIpc) is 3.22. The van der Waals surface area contributed by atoms with Crippen LogP contribution in [-0.2, 0) is 0 Å². The molecule has 6 heteroatoms. The van der Waals surface area contributed by atoms with Gasteiger partial charge in [-0.05, 0) is 62.7 Å². The fraction of sp³-hybridized carbons (Fsp3) is 0.360. The van der Waals surface area contributed by atoms with E-state index in [0.29, 0.717) is 23.9 Å². The third-order valence-corrected chi connectivity index (χ3v) is 5.82. The number of rotatable bonds is 7. The van der Waals surface area contributed by atoms with Gasteiger partial charge in [-0.15, -0.1) is 0 Å². The summed E-state index contributed by atoms with van der Waals surface area (Å²) >= 11 is 0. The molecule has 1 aliphatic heterocycles. The molecule has 0 unspecified atom stereocenters. The van der Waals surface area contributed by atoms with Gasteiger partial charge in [0.1, 0.15) is 11.5 Å². The highest BCUT2D eigenvalue weighted by atomic mass is 16.5. The molecule has 4 rings (SSSR count). The highest BCUT2D eigenvalue weighted by Crippen LogP contribution is 2.26. The summed E-state index contributed by atoms with van der Waals surface area (Å²) in [7, 11) is 1.67. The van der Waals surface area contributed by atoms with Gasteiger partial charge in [0, 0.05) is 12.1 Å². The maximum Gasteiger partial charge on any atom is 0.273 e. The lowest BCUT2D eigenvalue weighted by Gasteiger charge is -2.35. The van der Waals surface area contributed by atoms with Crippen LogP contribution in [0.2, 0.25) is 0 Å². The van der Waals surface area contributed by atoms with Crippen molar-refractivity contribution in [2.24, 2.45) is 0 Å². The number of hydrogen-bond donors (Lipinski definition) is 1. The van der Waals surface area contributed by atoms with Gasteiger partial charge >= 0.3 is 0 Å². The second-order valence-electron chi connectivity index (χ2n) is 7.89. The van der Waals surface area contributed by atoms with Crippen LogP contribution in [0.15, 0.2) is 59.0 Å². The van der Waals surface area contributed by atoms with Crippen molar-refractivity contribution in [1.82, 2.24) is 15.2 Å². The number of nitrogens with zero attached hydrogens (tertiary/aromatic N) is 2. The minimum atomic E-state index is -0.209. The second kappa shape index (κ2) is 9.79. The summed E-state index contributed by atoms with van der Waals surface area (Å²) in [5, 5.41) is 3.09. The van der Waals surface area contributed by atoms with Crippen molar-refractivity contribution in [2.75, 3.05) is 26.7 Å². The smallest absolute Gasteiger partial charge is 0.273 e. The monoisotopic (exact) mass is 419 g/mol. The first-order chi connectivity index (χ1) is 15.2. The van der Waals surface area contributed by atoms with Crippen molar-refractivity contribution in [1.29, 1.82) is 0 Å². The molecule has 1 fully saturated rings. The van der Waals surface area contributed by atoms with Gasteiger partial charge in [-0.1, -0.05) is 36.8 Å². The van der Waals surface area contributed by atoms with Gasteiger partial charge in [-0.2, -0.15) is 0 Å². The molecule has 6 nitrogen and oxygen atoms in total. The van der Waals surface area contributed by atoms with E-state index in [9.17, 15) is 4.79 Å². The van der Waals surface area contributed by atoms with E-state index < -0.39 is 0 Å². The zero-order chi connectivity index (χ0) is 21.6. The first-order valence-corrected chi connectivity index (χ1v) is 10.8. The summed E-state index contributed by atoms with van der Waals surface area (Å²) in [4.78, 5) is 19.9. The Bertz CT molecular complexity index is 993. The number of aromatic nitrogens is 1. The summed E-state index contributed by atoms with van der Waals surface area (Å²) < 4.78 is 11.1. The van der Waals surface area contributed by atoms with Gasteiger partial charge in [0.2, 0.25) is 5.89 Å². The van der Waals surface area contributed by atoms with Crippen LogP contribution >= 0.6 is 0 Å². The maximum absolute atomic E-state index is 13.0. The molecule has 0 spiro atoms. The third-order valence-electron chi connectivity index (χ3n) is 5.82. The van der Waals surface area contributed by atoms with Crippen molar-refractivity contribution in [3.63, 3.8) is 0 Å². The predicted molar refractivity (Wildman–Crippen MR) is 120 cm³/mol. The molecule has 0 radical (unpaired) electrons. The number of aryl methyl sites for hydroxylation is 1. The Labute approximate surface area is 183 Å². The summed E-state index contributed by atoms with van der Waals surface area (Å²) in [5.41, 5.74) is 2.37. The number of hydrogen-bond acceptors (Lipinski definition) is 5. The SMILES string of the molecule is COc1ccc([C@H](CNC(=O)c2nc(-c3ccccc3)oc2C)N2CCCCC2)cc1. The van der Waals surface area contributed by atoms with Gasteiger partial charge < -0.3 is 14.5 Å². The normalized spacial score (nSPS) is 15.4. The molecule has 0 bridgehead atoms. The average molecular weight is 420 g/mol. The minimum absolute atomic E-state index is 0.107. The highest BCUT2D eigenvalue weighted by Gasteiger charge is 2.25. The van der Waals surface area contributed by atoms with Crippen molar-refractivity contribution in [2.45, 2.75) is 32.2 Å². The first-order valence-electron chi connectivity index (χ1n) is 10.8. The number of carbonyl (C=O) groups excluding carboxylic acids is 1. The number of piperidine rings is 1. The molecule has 2 heterocycles. The second-order valence-corrected chi connectivity index (χ2v) is 7.89. The van der Waals surface area contributed by atoms with Crippen LogP contribution in [0, 0.1) is 6.92 Å². The molecule has 1 N–H and O–H groups in total. The number of ether oxygens (including phenoxy) is 1. The Balaban J connectivity index is 1.50. The van der Waals surface area contributed by atoms with E-state index in [1.165, 1.54) is 24.8 Å². The molecule has 0 aliphatic carbocycles. The van der Waals surface area contributed by atoms with Crippen LogP contribution in [0.1, 0.15) is 47.1 Å². The standard InChI is InChI=1S/C25H29N3O3/c1-18-23(27-25(31-18)20-9-5-3-6-10-20)24(29)26-17-22(28-15-7-4-8-16-28)19-11-13-21(30-2)14-12-19/h3,5-6,9-14,22H,4,7-8,15-17H2,1-2H3,(H,26,29)/t22-/m0/s1. The zero-order valence-corrected chi connectivity index (χ0v) is 18.1. The summed E-state index contributed by atoms with van der Waals surface area (Å²) in [6.45, 7) is 4.36. The molecular weight excluding hydrogens is 390 g/mol. The molecule has 1 saturated heterocycles. The summed E-state index contributed by atoms with van der Waals surface area (Å²) in [5.74, 6) is 1.61. The molecule has 162 valence electrons. The molecule has 1 aliphatic rings. The van der Waals surface area contributed by atoms with E-state index in [0.717, 1.165) is 24.4 Å². The van der Waals surface area contributed by atoms with Crippen molar-refractivity contribution in [3.8, 4) is 17.2 Å². The van der Waals surface area contributed by atoms with Crippen LogP contribution in [0.4, 0.5) is 0 Å². The van der Waals surface area contributed by atoms with Gasteiger partial charge in [-0.3, -0.25) is 9.69 Å². The molecule has 1 amide bonds. The van der Waals surface area contributed by atoms with Gasteiger partial charge in [0.25, 0.3) is 5.91 Å². The molecule has 1 aromatic heterocycles. The Kier molecular flexibility index (Phi) is 6.67. The van der Waals surface area contributed by atoms with Crippen molar-refractivity contribution >= 4 is 5.91 Å². The van der Waals surface area contributed by atoms with E-state index in [1.807, 2.05) is 42.5 Å². The van der Waals surface area contributed by atoms with Crippen LogP contribution in [0.25, 0.3) is 11.5 Å². The van der Waals surface area contributed by atoms with E-state index in [4.69, 9.17) is 9.15 Å². The fourth-order valence-electron chi connectivity index (χ4n) is 4.10. The summed E-state index contributed by atoms with van der Waals surface area (Å²) in [6.07, 6.45) is 3.63. The lowest BCUT2D eigenvalue weighted by molar-refractivity contribution is 0.0918. The molecule has 1 atom stereocenters. The summed E-state index contributed by atoms with van der Waals surface area (Å²) in [6, 6.07) is 17.8. The number of carbonyl (C=O) groups is 1. The Morgan fingerprint density at radius 3 is 2.48 bits per heavy atom. The largest absolute Gasteiger partial charge is 0.497 e. The van der Waals surface area contributed by atoms with Crippen LogP contribution in [-0.4, -0.2) is 42.5 Å².